The molecular weight excluding hydrogens is 380 g/mol. The Morgan fingerprint density at radius 1 is 1.39 bits per heavy atom. The Kier molecular flexibility index (Phi) is 4.68. The van der Waals surface area contributed by atoms with Crippen molar-refractivity contribution in [1.82, 2.24) is 9.38 Å². The topological polar surface area (TPSA) is 60.7 Å². The van der Waals surface area contributed by atoms with Crippen LogP contribution in [0.4, 0.5) is 0 Å². The SMILES string of the molecule is O=C(C=Cc1cccc(Br)c1)OCc1cc(=O)n2ccsc2n1. The number of rotatable bonds is 4. The fourth-order valence-corrected chi connectivity index (χ4v) is 3.09. The minimum absolute atomic E-state index is 0.0364. The highest BCUT2D eigenvalue weighted by atomic mass is 79.9. The van der Waals surface area contributed by atoms with Gasteiger partial charge in [-0.15, -0.1) is 11.3 Å². The lowest BCUT2D eigenvalue weighted by Gasteiger charge is -2.02. The summed E-state index contributed by atoms with van der Waals surface area (Å²) in [6, 6.07) is 8.91. The van der Waals surface area contributed by atoms with Crippen molar-refractivity contribution in [1.29, 1.82) is 0 Å². The number of nitrogens with zero attached hydrogens (tertiary/aromatic N) is 2. The average Bonchev–Trinajstić information content (AvgIpc) is 3.00. The van der Waals surface area contributed by atoms with Gasteiger partial charge in [-0.25, -0.2) is 9.78 Å². The van der Waals surface area contributed by atoms with Crippen LogP contribution in [0.25, 0.3) is 11.0 Å². The van der Waals surface area contributed by atoms with E-state index in [0.29, 0.717) is 10.7 Å². The molecule has 0 spiro atoms. The number of ether oxygens (including phenoxy) is 1. The van der Waals surface area contributed by atoms with E-state index in [1.165, 1.54) is 27.9 Å². The number of hydrogen-bond acceptors (Lipinski definition) is 5. The molecule has 2 heterocycles. The molecule has 0 saturated carbocycles. The molecule has 2 aromatic heterocycles. The van der Waals surface area contributed by atoms with Gasteiger partial charge >= 0.3 is 5.97 Å². The minimum Gasteiger partial charge on any atom is -0.456 e. The van der Waals surface area contributed by atoms with Crippen LogP contribution in [0.15, 0.2) is 57.3 Å². The van der Waals surface area contributed by atoms with E-state index in [0.717, 1.165) is 10.0 Å². The highest BCUT2D eigenvalue weighted by molar-refractivity contribution is 9.10. The Balaban J connectivity index is 1.65. The van der Waals surface area contributed by atoms with Crippen LogP contribution in [-0.2, 0) is 16.1 Å². The fourth-order valence-electron chi connectivity index (χ4n) is 1.93. The number of thiazole rings is 1. The summed E-state index contributed by atoms with van der Waals surface area (Å²) in [5.74, 6) is -0.488. The Hall–Kier alpha value is -2.25. The van der Waals surface area contributed by atoms with Gasteiger partial charge in [-0.2, -0.15) is 0 Å². The Labute approximate surface area is 144 Å². The molecular formula is C16H11BrN2O3S. The van der Waals surface area contributed by atoms with E-state index in [1.54, 1.807) is 17.7 Å². The van der Waals surface area contributed by atoms with Crippen LogP contribution in [0.3, 0.4) is 0 Å². The van der Waals surface area contributed by atoms with Crippen molar-refractivity contribution in [2.45, 2.75) is 6.61 Å². The van der Waals surface area contributed by atoms with E-state index < -0.39 is 5.97 Å². The molecule has 0 radical (unpaired) electrons. The molecule has 0 aliphatic heterocycles. The molecule has 0 saturated heterocycles. The summed E-state index contributed by atoms with van der Waals surface area (Å²) in [5, 5.41) is 1.78. The maximum Gasteiger partial charge on any atom is 0.331 e. The maximum absolute atomic E-state index is 11.8. The number of fused-ring (bicyclic) bond motifs is 1. The number of hydrogen-bond donors (Lipinski definition) is 0. The minimum atomic E-state index is -0.488. The van der Waals surface area contributed by atoms with Crippen molar-refractivity contribution in [3.63, 3.8) is 0 Å². The normalized spacial score (nSPS) is 11.2. The van der Waals surface area contributed by atoms with E-state index in [2.05, 4.69) is 20.9 Å². The van der Waals surface area contributed by atoms with Crippen molar-refractivity contribution in [3.05, 3.63) is 74.1 Å². The van der Waals surface area contributed by atoms with Gasteiger partial charge < -0.3 is 4.74 Å². The first-order valence-corrected chi connectivity index (χ1v) is 8.35. The lowest BCUT2D eigenvalue weighted by Crippen LogP contribution is -2.14. The summed E-state index contributed by atoms with van der Waals surface area (Å²) >= 11 is 4.72. The quantitative estimate of drug-likeness (QED) is 0.506. The molecule has 23 heavy (non-hydrogen) atoms. The highest BCUT2D eigenvalue weighted by Crippen LogP contribution is 2.13. The Morgan fingerprint density at radius 2 is 2.26 bits per heavy atom. The predicted molar refractivity (Wildman–Crippen MR) is 92.3 cm³/mol. The van der Waals surface area contributed by atoms with Gasteiger partial charge in [0.2, 0.25) is 0 Å². The van der Waals surface area contributed by atoms with Gasteiger partial charge in [0.05, 0.1) is 5.69 Å². The standard InChI is InChI=1S/C16H11BrN2O3S/c17-12-3-1-2-11(8-12)4-5-15(21)22-10-13-9-14(20)19-6-7-23-16(19)18-13/h1-9H,10H2. The largest absolute Gasteiger partial charge is 0.456 e. The number of benzene rings is 1. The first-order valence-electron chi connectivity index (χ1n) is 6.68. The second-order valence-corrected chi connectivity index (χ2v) is 6.43. The first-order chi connectivity index (χ1) is 11.1. The van der Waals surface area contributed by atoms with E-state index in [4.69, 9.17) is 4.74 Å². The number of halogens is 1. The van der Waals surface area contributed by atoms with Gasteiger partial charge in [-0.3, -0.25) is 9.20 Å². The summed E-state index contributed by atoms with van der Waals surface area (Å²) in [7, 11) is 0. The third-order valence-corrected chi connectivity index (χ3v) is 4.23. The summed E-state index contributed by atoms with van der Waals surface area (Å²) in [5.41, 5.74) is 1.13. The van der Waals surface area contributed by atoms with Crippen LogP contribution in [-0.4, -0.2) is 15.4 Å². The highest BCUT2D eigenvalue weighted by Gasteiger charge is 2.05. The smallest absolute Gasteiger partial charge is 0.331 e. The van der Waals surface area contributed by atoms with Crippen LogP contribution in [0, 0.1) is 0 Å². The van der Waals surface area contributed by atoms with Crippen molar-refractivity contribution >= 4 is 44.3 Å². The number of aromatic nitrogens is 2. The zero-order chi connectivity index (χ0) is 16.2. The first kappa shape index (κ1) is 15.6. The molecule has 0 amide bonds. The third-order valence-electron chi connectivity index (χ3n) is 2.98. The van der Waals surface area contributed by atoms with Crippen LogP contribution < -0.4 is 5.56 Å². The predicted octanol–water partition coefficient (Wildman–Crippen LogP) is 3.28. The van der Waals surface area contributed by atoms with E-state index >= 15 is 0 Å². The molecule has 0 unspecified atom stereocenters. The Morgan fingerprint density at radius 3 is 3.09 bits per heavy atom. The van der Waals surface area contributed by atoms with E-state index in [9.17, 15) is 9.59 Å². The van der Waals surface area contributed by atoms with Crippen molar-refractivity contribution < 1.29 is 9.53 Å². The number of carbonyl (C=O) groups is 1. The van der Waals surface area contributed by atoms with Crippen molar-refractivity contribution in [2.24, 2.45) is 0 Å². The molecule has 0 aliphatic carbocycles. The van der Waals surface area contributed by atoms with Crippen LogP contribution in [0.2, 0.25) is 0 Å². The molecule has 0 fully saturated rings. The molecule has 3 aromatic rings. The second-order valence-electron chi connectivity index (χ2n) is 4.64. The van der Waals surface area contributed by atoms with Gasteiger partial charge in [-0.05, 0) is 23.8 Å². The van der Waals surface area contributed by atoms with Crippen LogP contribution >= 0.6 is 27.3 Å². The molecule has 0 aliphatic rings. The second kappa shape index (κ2) is 6.89. The van der Waals surface area contributed by atoms with Gasteiger partial charge in [0, 0.05) is 28.2 Å². The fraction of sp³-hybridized carbons (Fsp3) is 0.0625. The number of carbonyl (C=O) groups excluding carboxylic acids is 1. The summed E-state index contributed by atoms with van der Waals surface area (Å²) < 4.78 is 7.50. The van der Waals surface area contributed by atoms with Gasteiger partial charge in [0.1, 0.15) is 6.61 Å². The number of esters is 1. The maximum atomic E-state index is 11.8. The van der Waals surface area contributed by atoms with Crippen LogP contribution in [0.5, 0.6) is 0 Å². The zero-order valence-electron chi connectivity index (χ0n) is 11.8. The molecule has 5 nitrogen and oxygen atoms in total. The third kappa shape index (κ3) is 3.94. The van der Waals surface area contributed by atoms with Gasteiger partial charge in [0.15, 0.2) is 4.96 Å². The molecule has 7 heteroatoms. The summed E-state index contributed by atoms with van der Waals surface area (Å²) in [6.07, 6.45) is 4.67. The van der Waals surface area contributed by atoms with Crippen LogP contribution in [0.1, 0.15) is 11.3 Å². The van der Waals surface area contributed by atoms with Crippen molar-refractivity contribution in [3.8, 4) is 0 Å². The van der Waals surface area contributed by atoms with Crippen molar-refractivity contribution in [2.75, 3.05) is 0 Å². The monoisotopic (exact) mass is 390 g/mol. The molecule has 0 atom stereocenters. The molecule has 3 rings (SSSR count). The lowest BCUT2D eigenvalue weighted by atomic mass is 10.2. The Bertz CT molecular complexity index is 946. The van der Waals surface area contributed by atoms with Gasteiger partial charge in [0.25, 0.3) is 5.56 Å². The van der Waals surface area contributed by atoms with Gasteiger partial charge in [-0.1, -0.05) is 28.1 Å². The molecule has 0 N–H and O–H groups in total. The molecule has 0 bridgehead atoms. The zero-order valence-corrected chi connectivity index (χ0v) is 14.2. The average molecular weight is 391 g/mol. The van der Waals surface area contributed by atoms with E-state index in [-0.39, 0.29) is 12.2 Å². The molecule has 1 aromatic carbocycles. The summed E-state index contributed by atoms with van der Waals surface area (Å²) in [6.45, 7) is -0.0364. The molecule has 116 valence electrons. The lowest BCUT2D eigenvalue weighted by molar-refractivity contribution is -0.139. The summed E-state index contributed by atoms with van der Waals surface area (Å²) in [4.78, 5) is 28.4. The van der Waals surface area contributed by atoms with E-state index in [1.807, 2.05) is 24.3 Å².